The fourth-order valence-corrected chi connectivity index (χ4v) is 2.89. The first-order valence-electron chi connectivity index (χ1n) is 6.32. The van der Waals surface area contributed by atoms with E-state index in [2.05, 4.69) is 5.32 Å². The second kappa shape index (κ2) is 5.05. The number of fused-ring (bicyclic) bond motifs is 1. The number of carbonyl (C=O) groups is 1. The molecule has 0 fully saturated rings. The quantitative estimate of drug-likeness (QED) is 0.933. The lowest BCUT2D eigenvalue weighted by molar-refractivity contribution is 0.0951. The first-order valence-corrected chi connectivity index (χ1v) is 7.20. The lowest BCUT2D eigenvalue weighted by Gasteiger charge is -2.05. The predicted molar refractivity (Wildman–Crippen MR) is 75.7 cm³/mol. The van der Waals surface area contributed by atoms with Gasteiger partial charge in [0.2, 0.25) is 0 Å². The third-order valence-electron chi connectivity index (χ3n) is 3.16. The van der Waals surface area contributed by atoms with Crippen LogP contribution in [0.5, 0.6) is 5.75 Å². The van der Waals surface area contributed by atoms with Crippen LogP contribution in [-0.4, -0.2) is 12.0 Å². The average Bonchev–Trinajstić information content (AvgIpc) is 3.02. The lowest BCUT2D eigenvalue weighted by Crippen LogP contribution is -2.22. The highest BCUT2D eigenvalue weighted by Crippen LogP contribution is 2.29. The molecule has 19 heavy (non-hydrogen) atoms. The third-order valence-corrected chi connectivity index (χ3v) is 4.04. The average molecular weight is 273 g/mol. The molecular formula is C15H15NO2S. The van der Waals surface area contributed by atoms with Gasteiger partial charge in [0.1, 0.15) is 11.9 Å². The van der Waals surface area contributed by atoms with E-state index in [0.29, 0.717) is 12.1 Å². The highest BCUT2D eigenvalue weighted by Gasteiger charge is 2.20. The minimum atomic E-state index is -0.0317. The Morgan fingerprint density at radius 1 is 1.47 bits per heavy atom. The fourth-order valence-electron chi connectivity index (χ4n) is 2.25. The normalized spacial score (nSPS) is 16.8. The summed E-state index contributed by atoms with van der Waals surface area (Å²) in [7, 11) is 0. The molecule has 1 N–H and O–H groups in total. The summed E-state index contributed by atoms with van der Waals surface area (Å²) in [6.07, 6.45) is 1.08. The molecule has 98 valence electrons. The van der Waals surface area contributed by atoms with E-state index in [1.807, 2.05) is 42.6 Å². The summed E-state index contributed by atoms with van der Waals surface area (Å²) >= 11 is 1.65. The topological polar surface area (TPSA) is 38.3 Å². The van der Waals surface area contributed by atoms with Gasteiger partial charge in [-0.3, -0.25) is 4.79 Å². The summed E-state index contributed by atoms with van der Waals surface area (Å²) in [5.74, 6) is 0.873. The molecule has 1 aromatic heterocycles. The molecule has 0 spiro atoms. The van der Waals surface area contributed by atoms with Gasteiger partial charge in [-0.2, -0.15) is 0 Å². The van der Waals surface area contributed by atoms with E-state index in [-0.39, 0.29) is 12.0 Å². The van der Waals surface area contributed by atoms with Crippen molar-refractivity contribution in [2.75, 3.05) is 0 Å². The number of thiophene rings is 1. The third kappa shape index (κ3) is 2.63. The molecule has 1 atom stereocenters. The molecule has 1 amide bonds. The van der Waals surface area contributed by atoms with Crippen LogP contribution in [0.15, 0.2) is 35.7 Å². The van der Waals surface area contributed by atoms with Crippen molar-refractivity contribution in [3.05, 3.63) is 51.7 Å². The number of nitrogens with one attached hydrogen (secondary N) is 1. The molecule has 1 aliphatic heterocycles. The molecule has 0 radical (unpaired) electrons. The molecule has 3 nitrogen and oxygen atoms in total. The van der Waals surface area contributed by atoms with E-state index in [0.717, 1.165) is 22.6 Å². The minimum Gasteiger partial charge on any atom is -0.490 e. The highest BCUT2D eigenvalue weighted by molar-refractivity contribution is 7.09. The van der Waals surface area contributed by atoms with Crippen LogP contribution in [0, 0.1) is 0 Å². The Labute approximate surface area is 116 Å². The largest absolute Gasteiger partial charge is 0.490 e. The monoisotopic (exact) mass is 273 g/mol. The standard InChI is InChI=1S/C15H15NO2S/c1-10-7-12-8-11(4-5-14(12)18-10)15(17)16-9-13-3-2-6-19-13/h2-6,8,10H,7,9H2,1H3,(H,16,17). The number of rotatable bonds is 3. The van der Waals surface area contributed by atoms with E-state index < -0.39 is 0 Å². The van der Waals surface area contributed by atoms with E-state index in [1.165, 1.54) is 0 Å². The van der Waals surface area contributed by atoms with Crippen LogP contribution in [0.2, 0.25) is 0 Å². The smallest absolute Gasteiger partial charge is 0.251 e. The minimum absolute atomic E-state index is 0.0317. The van der Waals surface area contributed by atoms with Crippen molar-refractivity contribution >= 4 is 17.2 Å². The van der Waals surface area contributed by atoms with Crippen LogP contribution < -0.4 is 10.1 Å². The Morgan fingerprint density at radius 3 is 3.16 bits per heavy atom. The number of hydrogen-bond donors (Lipinski definition) is 1. The second-order valence-electron chi connectivity index (χ2n) is 4.72. The summed E-state index contributed by atoms with van der Waals surface area (Å²) in [5, 5.41) is 4.94. The zero-order chi connectivity index (χ0) is 13.2. The van der Waals surface area contributed by atoms with Crippen LogP contribution in [0.1, 0.15) is 27.7 Å². The number of carbonyl (C=O) groups excluding carboxylic acids is 1. The maximum atomic E-state index is 12.1. The maximum absolute atomic E-state index is 12.1. The lowest BCUT2D eigenvalue weighted by atomic mass is 10.1. The Kier molecular flexibility index (Phi) is 3.25. The van der Waals surface area contributed by atoms with Gasteiger partial charge in [0, 0.05) is 16.9 Å². The van der Waals surface area contributed by atoms with Gasteiger partial charge < -0.3 is 10.1 Å². The van der Waals surface area contributed by atoms with E-state index >= 15 is 0 Å². The van der Waals surface area contributed by atoms with Gasteiger partial charge in [0.25, 0.3) is 5.91 Å². The van der Waals surface area contributed by atoms with Gasteiger partial charge in [0.15, 0.2) is 0 Å². The Morgan fingerprint density at radius 2 is 2.37 bits per heavy atom. The molecule has 0 saturated heterocycles. The highest BCUT2D eigenvalue weighted by atomic mass is 32.1. The first-order chi connectivity index (χ1) is 9.22. The van der Waals surface area contributed by atoms with Gasteiger partial charge in [0.05, 0.1) is 6.54 Å². The Hall–Kier alpha value is -1.81. The maximum Gasteiger partial charge on any atom is 0.251 e. The van der Waals surface area contributed by atoms with Crippen molar-refractivity contribution in [2.24, 2.45) is 0 Å². The summed E-state index contributed by atoms with van der Waals surface area (Å²) in [4.78, 5) is 13.2. The Bertz CT molecular complexity index is 592. The molecular weight excluding hydrogens is 258 g/mol. The Balaban J connectivity index is 1.69. The molecule has 1 unspecified atom stereocenters. The number of amides is 1. The van der Waals surface area contributed by atoms with Crippen molar-refractivity contribution < 1.29 is 9.53 Å². The zero-order valence-electron chi connectivity index (χ0n) is 10.7. The summed E-state index contributed by atoms with van der Waals surface area (Å²) in [5.41, 5.74) is 1.82. The molecule has 2 heterocycles. The van der Waals surface area contributed by atoms with E-state index in [1.54, 1.807) is 11.3 Å². The van der Waals surface area contributed by atoms with Crippen molar-refractivity contribution in [1.29, 1.82) is 0 Å². The molecule has 0 saturated carbocycles. The molecule has 0 bridgehead atoms. The molecule has 4 heteroatoms. The number of ether oxygens (including phenoxy) is 1. The van der Waals surface area contributed by atoms with Crippen molar-refractivity contribution in [3.8, 4) is 5.75 Å². The van der Waals surface area contributed by atoms with Gasteiger partial charge in [-0.15, -0.1) is 11.3 Å². The second-order valence-corrected chi connectivity index (χ2v) is 5.75. The van der Waals surface area contributed by atoms with Crippen molar-refractivity contribution in [3.63, 3.8) is 0 Å². The molecule has 2 aromatic rings. The summed E-state index contributed by atoms with van der Waals surface area (Å²) in [6, 6.07) is 9.64. The van der Waals surface area contributed by atoms with Crippen LogP contribution >= 0.6 is 11.3 Å². The first kappa shape index (κ1) is 12.2. The number of hydrogen-bond acceptors (Lipinski definition) is 3. The number of benzene rings is 1. The van der Waals surface area contributed by atoms with Crippen molar-refractivity contribution in [1.82, 2.24) is 5.32 Å². The van der Waals surface area contributed by atoms with E-state index in [9.17, 15) is 4.79 Å². The zero-order valence-corrected chi connectivity index (χ0v) is 11.5. The van der Waals surface area contributed by atoms with E-state index in [4.69, 9.17) is 4.74 Å². The molecule has 1 aromatic carbocycles. The van der Waals surface area contributed by atoms with Gasteiger partial charge in [-0.25, -0.2) is 0 Å². The van der Waals surface area contributed by atoms with Gasteiger partial charge in [-0.1, -0.05) is 6.07 Å². The SMILES string of the molecule is CC1Cc2cc(C(=O)NCc3cccs3)ccc2O1. The molecule has 1 aliphatic rings. The van der Waals surface area contributed by atoms with Crippen molar-refractivity contribution in [2.45, 2.75) is 26.0 Å². The molecule has 3 rings (SSSR count). The predicted octanol–water partition coefficient (Wildman–Crippen LogP) is 3.00. The summed E-state index contributed by atoms with van der Waals surface area (Å²) < 4.78 is 5.63. The van der Waals surface area contributed by atoms with Gasteiger partial charge >= 0.3 is 0 Å². The molecule has 0 aliphatic carbocycles. The van der Waals surface area contributed by atoms with Crippen LogP contribution in [0.3, 0.4) is 0 Å². The fraction of sp³-hybridized carbons (Fsp3) is 0.267. The van der Waals surface area contributed by atoms with Gasteiger partial charge in [-0.05, 0) is 42.1 Å². The summed E-state index contributed by atoms with van der Waals surface area (Å²) in [6.45, 7) is 2.62. The van der Waals surface area contributed by atoms with Crippen LogP contribution in [-0.2, 0) is 13.0 Å². The van der Waals surface area contributed by atoms with Crippen LogP contribution in [0.25, 0.3) is 0 Å². The van der Waals surface area contributed by atoms with Crippen LogP contribution in [0.4, 0.5) is 0 Å².